The minimum Gasteiger partial charge on any atom is -0.383 e. The van der Waals surface area contributed by atoms with Crippen LogP contribution >= 0.6 is 0 Å². The molecule has 0 amide bonds. The lowest BCUT2D eigenvalue weighted by molar-refractivity contribution is 0.637. The van der Waals surface area contributed by atoms with Crippen molar-refractivity contribution < 1.29 is 0 Å². The van der Waals surface area contributed by atoms with Crippen LogP contribution in [0.2, 0.25) is 0 Å². The maximum atomic E-state index is 4.24. The minimum absolute atomic E-state index is 0.891. The summed E-state index contributed by atoms with van der Waals surface area (Å²) in [6, 6.07) is 8.40. The Morgan fingerprint density at radius 2 is 2.12 bits per heavy atom. The molecule has 0 saturated heterocycles. The molecule has 1 heterocycles. The van der Waals surface area contributed by atoms with Gasteiger partial charge in [-0.1, -0.05) is 12.1 Å². The van der Waals surface area contributed by atoms with Gasteiger partial charge in [-0.2, -0.15) is 5.10 Å². The first-order valence-electron chi connectivity index (χ1n) is 5.53. The summed E-state index contributed by atoms with van der Waals surface area (Å²) in [6.45, 7) is 5.94. The van der Waals surface area contributed by atoms with Crippen LogP contribution in [0.3, 0.4) is 0 Å². The average Bonchev–Trinajstić information content (AvgIpc) is 2.64. The second-order valence-electron chi connectivity index (χ2n) is 4.08. The predicted molar refractivity (Wildman–Crippen MR) is 66.6 cm³/mol. The zero-order chi connectivity index (χ0) is 11.4. The van der Waals surface area contributed by atoms with Gasteiger partial charge in [0, 0.05) is 18.4 Å². The molecule has 2 aromatic rings. The summed E-state index contributed by atoms with van der Waals surface area (Å²) >= 11 is 0. The van der Waals surface area contributed by atoms with Gasteiger partial charge in [0.05, 0.1) is 12.7 Å². The molecule has 0 atom stereocenters. The maximum Gasteiger partial charge on any atom is 0.0582 e. The van der Waals surface area contributed by atoms with Crippen LogP contribution in [-0.2, 0) is 6.54 Å². The standard InChI is InChI=1S/C13H17N3/c1-11-4-3-5-13(8-11)14-6-7-16-10-12(2)9-15-16/h3-5,8-10,14H,6-7H2,1-2H3. The number of nitrogens with one attached hydrogen (secondary N) is 1. The zero-order valence-electron chi connectivity index (χ0n) is 9.77. The SMILES string of the molecule is Cc1cccc(NCCn2cc(C)cn2)c1. The Bertz CT molecular complexity index is 460. The molecule has 84 valence electrons. The zero-order valence-corrected chi connectivity index (χ0v) is 9.77. The molecule has 0 unspecified atom stereocenters. The molecule has 2 rings (SSSR count). The lowest BCUT2D eigenvalue weighted by Gasteiger charge is -2.07. The molecular formula is C13H17N3. The van der Waals surface area contributed by atoms with Crippen LogP contribution in [0.5, 0.6) is 0 Å². The predicted octanol–water partition coefficient (Wildman–Crippen LogP) is 2.61. The molecule has 16 heavy (non-hydrogen) atoms. The fourth-order valence-electron chi connectivity index (χ4n) is 1.66. The molecule has 0 spiro atoms. The van der Waals surface area contributed by atoms with E-state index in [1.807, 2.05) is 10.9 Å². The summed E-state index contributed by atoms with van der Waals surface area (Å²) in [5, 5.41) is 7.62. The number of benzene rings is 1. The van der Waals surface area contributed by atoms with Gasteiger partial charge in [0.2, 0.25) is 0 Å². The van der Waals surface area contributed by atoms with Crippen molar-refractivity contribution in [2.75, 3.05) is 11.9 Å². The van der Waals surface area contributed by atoms with Gasteiger partial charge in [-0.25, -0.2) is 0 Å². The third-order valence-electron chi connectivity index (χ3n) is 2.45. The maximum absolute atomic E-state index is 4.24. The van der Waals surface area contributed by atoms with Crippen LogP contribution in [0.15, 0.2) is 36.7 Å². The van der Waals surface area contributed by atoms with Gasteiger partial charge >= 0.3 is 0 Å². The topological polar surface area (TPSA) is 29.9 Å². The van der Waals surface area contributed by atoms with Crippen LogP contribution in [-0.4, -0.2) is 16.3 Å². The van der Waals surface area contributed by atoms with E-state index in [0.717, 1.165) is 13.1 Å². The molecule has 0 aliphatic heterocycles. The van der Waals surface area contributed by atoms with Crippen LogP contribution in [0.1, 0.15) is 11.1 Å². The molecule has 0 radical (unpaired) electrons. The van der Waals surface area contributed by atoms with Crippen molar-refractivity contribution >= 4 is 5.69 Å². The van der Waals surface area contributed by atoms with E-state index in [1.54, 1.807) is 0 Å². The molecule has 3 nitrogen and oxygen atoms in total. The molecule has 0 fully saturated rings. The Morgan fingerprint density at radius 3 is 2.81 bits per heavy atom. The number of hydrogen-bond donors (Lipinski definition) is 1. The Morgan fingerprint density at radius 1 is 1.25 bits per heavy atom. The number of anilines is 1. The minimum atomic E-state index is 0.891. The number of aryl methyl sites for hydroxylation is 2. The summed E-state index contributed by atoms with van der Waals surface area (Å²) in [4.78, 5) is 0. The van der Waals surface area contributed by atoms with E-state index in [2.05, 4.69) is 54.7 Å². The Labute approximate surface area is 96.1 Å². The van der Waals surface area contributed by atoms with Gasteiger partial charge in [0.25, 0.3) is 0 Å². The first kappa shape index (κ1) is 10.7. The van der Waals surface area contributed by atoms with E-state index < -0.39 is 0 Å². The molecule has 0 aliphatic rings. The monoisotopic (exact) mass is 215 g/mol. The van der Waals surface area contributed by atoms with E-state index in [4.69, 9.17) is 0 Å². The lowest BCUT2D eigenvalue weighted by Crippen LogP contribution is -2.10. The molecule has 0 aliphatic carbocycles. The van der Waals surface area contributed by atoms with E-state index in [1.165, 1.54) is 16.8 Å². The van der Waals surface area contributed by atoms with Crippen molar-refractivity contribution in [3.05, 3.63) is 47.8 Å². The van der Waals surface area contributed by atoms with Crippen molar-refractivity contribution in [3.63, 3.8) is 0 Å². The Kier molecular flexibility index (Phi) is 3.25. The highest BCUT2D eigenvalue weighted by Crippen LogP contribution is 2.08. The quantitative estimate of drug-likeness (QED) is 0.849. The van der Waals surface area contributed by atoms with Gasteiger partial charge in [-0.15, -0.1) is 0 Å². The molecule has 1 aromatic heterocycles. The lowest BCUT2D eigenvalue weighted by atomic mass is 10.2. The largest absolute Gasteiger partial charge is 0.383 e. The van der Waals surface area contributed by atoms with E-state index >= 15 is 0 Å². The van der Waals surface area contributed by atoms with Crippen LogP contribution in [0.25, 0.3) is 0 Å². The van der Waals surface area contributed by atoms with Crippen molar-refractivity contribution in [2.45, 2.75) is 20.4 Å². The molecule has 0 bridgehead atoms. The van der Waals surface area contributed by atoms with E-state index in [9.17, 15) is 0 Å². The highest BCUT2D eigenvalue weighted by molar-refractivity contribution is 5.45. The van der Waals surface area contributed by atoms with Crippen LogP contribution < -0.4 is 5.32 Å². The third-order valence-corrected chi connectivity index (χ3v) is 2.45. The fraction of sp³-hybridized carbons (Fsp3) is 0.308. The summed E-state index contributed by atoms with van der Waals surface area (Å²) in [6.07, 6.45) is 3.94. The molecule has 0 saturated carbocycles. The highest BCUT2D eigenvalue weighted by atomic mass is 15.3. The smallest absolute Gasteiger partial charge is 0.0582 e. The molecule has 1 aromatic carbocycles. The number of hydrogen-bond acceptors (Lipinski definition) is 2. The van der Waals surface area contributed by atoms with Gasteiger partial charge < -0.3 is 5.32 Å². The fourth-order valence-corrected chi connectivity index (χ4v) is 1.66. The Hall–Kier alpha value is -1.77. The van der Waals surface area contributed by atoms with Gasteiger partial charge in [-0.3, -0.25) is 4.68 Å². The van der Waals surface area contributed by atoms with Gasteiger partial charge in [0.1, 0.15) is 0 Å². The second kappa shape index (κ2) is 4.84. The van der Waals surface area contributed by atoms with Gasteiger partial charge in [-0.05, 0) is 37.1 Å². The van der Waals surface area contributed by atoms with Crippen molar-refractivity contribution in [3.8, 4) is 0 Å². The second-order valence-corrected chi connectivity index (χ2v) is 4.08. The van der Waals surface area contributed by atoms with Crippen molar-refractivity contribution in [2.24, 2.45) is 0 Å². The molecular weight excluding hydrogens is 198 g/mol. The molecule has 1 N–H and O–H groups in total. The average molecular weight is 215 g/mol. The number of aromatic nitrogens is 2. The molecule has 3 heteroatoms. The Balaban J connectivity index is 1.84. The van der Waals surface area contributed by atoms with Crippen LogP contribution in [0.4, 0.5) is 5.69 Å². The highest BCUT2D eigenvalue weighted by Gasteiger charge is 1.94. The number of nitrogens with zero attached hydrogens (tertiary/aromatic N) is 2. The van der Waals surface area contributed by atoms with Crippen LogP contribution in [0, 0.1) is 13.8 Å². The summed E-state index contributed by atoms with van der Waals surface area (Å²) in [5.74, 6) is 0. The summed E-state index contributed by atoms with van der Waals surface area (Å²) < 4.78 is 1.96. The normalized spacial score (nSPS) is 10.4. The van der Waals surface area contributed by atoms with Crippen molar-refractivity contribution in [1.29, 1.82) is 0 Å². The van der Waals surface area contributed by atoms with E-state index in [-0.39, 0.29) is 0 Å². The third kappa shape index (κ3) is 2.86. The number of rotatable bonds is 4. The summed E-state index contributed by atoms with van der Waals surface area (Å²) in [7, 11) is 0. The summed E-state index contributed by atoms with van der Waals surface area (Å²) in [5.41, 5.74) is 3.65. The van der Waals surface area contributed by atoms with E-state index in [0.29, 0.717) is 0 Å². The first-order valence-corrected chi connectivity index (χ1v) is 5.53. The van der Waals surface area contributed by atoms with Gasteiger partial charge in [0.15, 0.2) is 0 Å². The first-order chi connectivity index (χ1) is 7.74. The van der Waals surface area contributed by atoms with Crippen molar-refractivity contribution in [1.82, 2.24) is 9.78 Å².